The lowest BCUT2D eigenvalue weighted by Gasteiger charge is -2.24. The Kier molecular flexibility index (Phi) is 4.86. The van der Waals surface area contributed by atoms with E-state index in [-0.39, 0.29) is 17.4 Å². The van der Waals surface area contributed by atoms with Gasteiger partial charge in [-0.05, 0) is 62.4 Å². The molecule has 2 atom stereocenters. The number of benzene rings is 1. The van der Waals surface area contributed by atoms with E-state index in [0.717, 1.165) is 35.0 Å². The third kappa shape index (κ3) is 3.56. The van der Waals surface area contributed by atoms with Crippen LogP contribution in [0.15, 0.2) is 29.1 Å². The molecule has 2 aromatic heterocycles. The van der Waals surface area contributed by atoms with Crippen molar-refractivity contribution >= 4 is 21.6 Å². The van der Waals surface area contributed by atoms with Gasteiger partial charge in [0.1, 0.15) is 16.5 Å². The molecule has 4 rings (SSSR count). The fraction of sp³-hybridized carbons (Fsp3) is 0.429. The highest BCUT2D eigenvalue weighted by atomic mass is 32.1. The monoisotopic (exact) mass is 385 g/mol. The molecule has 0 bridgehead atoms. The van der Waals surface area contributed by atoms with Gasteiger partial charge in [-0.3, -0.25) is 9.69 Å². The Labute approximate surface area is 162 Å². The molecule has 0 aliphatic heterocycles. The van der Waals surface area contributed by atoms with Gasteiger partial charge in [-0.15, -0.1) is 11.3 Å². The van der Waals surface area contributed by atoms with E-state index in [1.54, 1.807) is 23.5 Å². The van der Waals surface area contributed by atoms with Crippen LogP contribution in [0.4, 0.5) is 4.39 Å². The molecule has 0 saturated carbocycles. The molecule has 3 aromatic rings. The first-order valence-electron chi connectivity index (χ1n) is 9.41. The van der Waals surface area contributed by atoms with Gasteiger partial charge < -0.3 is 4.98 Å². The number of rotatable bonds is 4. The van der Waals surface area contributed by atoms with Gasteiger partial charge >= 0.3 is 0 Å². The van der Waals surface area contributed by atoms with E-state index in [4.69, 9.17) is 4.98 Å². The minimum atomic E-state index is -0.234. The van der Waals surface area contributed by atoms with Gasteiger partial charge in [0.05, 0.1) is 11.4 Å². The number of thiophene rings is 1. The maximum atomic E-state index is 13.1. The Morgan fingerprint density at radius 1 is 1.37 bits per heavy atom. The van der Waals surface area contributed by atoms with Crippen LogP contribution in [0.1, 0.15) is 48.1 Å². The third-order valence-corrected chi connectivity index (χ3v) is 6.73. The first-order valence-corrected chi connectivity index (χ1v) is 10.2. The van der Waals surface area contributed by atoms with Crippen molar-refractivity contribution in [2.24, 2.45) is 5.92 Å². The SMILES string of the molecule is C[C@H]1CCc2c(sc3nc([C@H](C)N(C)Cc4ccc(F)cc4)[nH]c(=O)c23)C1. The molecule has 0 unspecified atom stereocenters. The van der Waals surface area contributed by atoms with Crippen LogP contribution in [0, 0.1) is 11.7 Å². The smallest absolute Gasteiger partial charge is 0.259 e. The number of halogens is 1. The zero-order chi connectivity index (χ0) is 19.1. The number of aromatic amines is 1. The molecule has 142 valence electrons. The summed E-state index contributed by atoms with van der Waals surface area (Å²) < 4.78 is 13.1. The number of nitrogens with one attached hydrogen (secondary N) is 1. The van der Waals surface area contributed by atoms with Gasteiger partial charge in [-0.1, -0.05) is 19.1 Å². The summed E-state index contributed by atoms with van der Waals surface area (Å²) >= 11 is 1.68. The summed E-state index contributed by atoms with van der Waals surface area (Å²) in [5, 5.41) is 0.791. The van der Waals surface area contributed by atoms with Crippen LogP contribution in [0.5, 0.6) is 0 Å². The first kappa shape index (κ1) is 18.3. The second-order valence-electron chi connectivity index (χ2n) is 7.70. The Morgan fingerprint density at radius 2 is 2.11 bits per heavy atom. The quantitative estimate of drug-likeness (QED) is 0.722. The van der Waals surface area contributed by atoms with E-state index in [1.807, 2.05) is 14.0 Å². The molecule has 1 aliphatic rings. The molecular weight excluding hydrogens is 361 g/mol. The summed E-state index contributed by atoms with van der Waals surface area (Å²) in [5.41, 5.74) is 2.21. The summed E-state index contributed by atoms with van der Waals surface area (Å²) in [4.78, 5) is 24.9. The minimum absolute atomic E-state index is 0.0240. The highest BCUT2D eigenvalue weighted by Gasteiger charge is 2.24. The van der Waals surface area contributed by atoms with Crippen LogP contribution in [-0.4, -0.2) is 21.9 Å². The number of nitrogens with zero attached hydrogens (tertiary/aromatic N) is 2. The fourth-order valence-electron chi connectivity index (χ4n) is 3.79. The molecule has 0 amide bonds. The zero-order valence-electron chi connectivity index (χ0n) is 15.9. The Bertz CT molecular complexity index is 1020. The van der Waals surface area contributed by atoms with E-state index in [9.17, 15) is 9.18 Å². The zero-order valence-corrected chi connectivity index (χ0v) is 16.7. The molecule has 1 aromatic carbocycles. The van der Waals surface area contributed by atoms with E-state index >= 15 is 0 Å². The van der Waals surface area contributed by atoms with Crippen LogP contribution in [0.25, 0.3) is 10.2 Å². The van der Waals surface area contributed by atoms with Crippen molar-refractivity contribution in [2.75, 3.05) is 7.05 Å². The predicted molar refractivity (Wildman–Crippen MR) is 108 cm³/mol. The summed E-state index contributed by atoms with van der Waals surface area (Å²) in [5.74, 6) is 1.12. The molecule has 0 spiro atoms. The molecule has 2 heterocycles. The van der Waals surface area contributed by atoms with Crippen molar-refractivity contribution in [3.63, 3.8) is 0 Å². The van der Waals surface area contributed by atoms with Crippen LogP contribution in [0.2, 0.25) is 0 Å². The molecule has 0 radical (unpaired) electrons. The van der Waals surface area contributed by atoms with Gasteiger partial charge in [-0.2, -0.15) is 0 Å². The molecular formula is C21H24FN3OS. The first-order chi connectivity index (χ1) is 12.9. The van der Waals surface area contributed by atoms with Crippen LogP contribution >= 0.6 is 11.3 Å². The molecule has 6 heteroatoms. The Hall–Kier alpha value is -2.05. The van der Waals surface area contributed by atoms with Gasteiger partial charge in [0.15, 0.2) is 0 Å². The molecule has 0 fully saturated rings. The van der Waals surface area contributed by atoms with Gasteiger partial charge in [0.2, 0.25) is 0 Å². The highest BCUT2D eigenvalue weighted by molar-refractivity contribution is 7.18. The fourth-order valence-corrected chi connectivity index (χ4v) is 5.18. The van der Waals surface area contributed by atoms with E-state index in [0.29, 0.717) is 18.3 Å². The maximum absolute atomic E-state index is 13.1. The number of hydrogen-bond donors (Lipinski definition) is 1. The summed E-state index contributed by atoms with van der Waals surface area (Å²) in [6.45, 7) is 4.95. The number of fused-ring (bicyclic) bond motifs is 3. The molecule has 4 nitrogen and oxygen atoms in total. The predicted octanol–water partition coefficient (Wildman–Crippen LogP) is 4.44. The Balaban J connectivity index is 1.63. The number of hydrogen-bond acceptors (Lipinski definition) is 4. The van der Waals surface area contributed by atoms with Crippen molar-refractivity contribution in [1.82, 2.24) is 14.9 Å². The lowest BCUT2D eigenvalue weighted by molar-refractivity contribution is 0.244. The second-order valence-corrected chi connectivity index (χ2v) is 8.78. The Morgan fingerprint density at radius 3 is 2.85 bits per heavy atom. The molecule has 1 aliphatic carbocycles. The normalized spacial score (nSPS) is 18.0. The van der Waals surface area contributed by atoms with Gasteiger partial charge in [0.25, 0.3) is 5.56 Å². The molecule has 1 N–H and O–H groups in total. The lowest BCUT2D eigenvalue weighted by Crippen LogP contribution is -2.26. The highest BCUT2D eigenvalue weighted by Crippen LogP contribution is 2.36. The average molecular weight is 386 g/mol. The minimum Gasteiger partial charge on any atom is -0.309 e. The number of aromatic nitrogens is 2. The average Bonchev–Trinajstić information content (AvgIpc) is 3.00. The lowest BCUT2D eigenvalue weighted by atomic mass is 9.89. The van der Waals surface area contributed by atoms with Crippen molar-refractivity contribution in [1.29, 1.82) is 0 Å². The van der Waals surface area contributed by atoms with Crippen molar-refractivity contribution in [3.8, 4) is 0 Å². The third-order valence-electron chi connectivity index (χ3n) is 5.59. The largest absolute Gasteiger partial charge is 0.309 e. The second kappa shape index (κ2) is 7.17. The van der Waals surface area contributed by atoms with Crippen LogP contribution in [0.3, 0.4) is 0 Å². The number of aryl methyl sites for hydroxylation is 1. The topological polar surface area (TPSA) is 49.0 Å². The standard InChI is InChI=1S/C21H24FN3OS/c1-12-4-9-16-17(10-12)27-21-18(16)20(26)23-19(24-21)13(2)25(3)11-14-5-7-15(22)8-6-14/h5-8,12-13H,4,9-11H2,1-3H3,(H,23,24,26)/t12-,13-/m0/s1. The summed E-state index contributed by atoms with van der Waals surface area (Å²) in [6.07, 6.45) is 3.16. The van der Waals surface area contributed by atoms with Crippen molar-refractivity contribution in [3.05, 3.63) is 62.3 Å². The van der Waals surface area contributed by atoms with Crippen LogP contribution < -0.4 is 5.56 Å². The molecule has 0 saturated heterocycles. The van der Waals surface area contributed by atoms with Gasteiger partial charge in [0, 0.05) is 11.4 Å². The summed E-state index contributed by atoms with van der Waals surface area (Å²) in [7, 11) is 1.99. The number of H-pyrrole nitrogens is 1. The summed E-state index contributed by atoms with van der Waals surface area (Å²) in [6, 6.07) is 6.46. The van der Waals surface area contributed by atoms with E-state index in [2.05, 4.69) is 16.8 Å². The maximum Gasteiger partial charge on any atom is 0.259 e. The van der Waals surface area contributed by atoms with E-state index < -0.39 is 0 Å². The van der Waals surface area contributed by atoms with Crippen molar-refractivity contribution in [2.45, 2.75) is 45.7 Å². The van der Waals surface area contributed by atoms with Gasteiger partial charge in [-0.25, -0.2) is 9.37 Å². The van der Waals surface area contributed by atoms with Crippen molar-refractivity contribution < 1.29 is 4.39 Å². The molecule has 27 heavy (non-hydrogen) atoms. The van der Waals surface area contributed by atoms with E-state index in [1.165, 1.54) is 22.6 Å². The van der Waals surface area contributed by atoms with Crippen LogP contribution in [-0.2, 0) is 19.4 Å².